The lowest BCUT2D eigenvalue weighted by Gasteiger charge is -2.18. The summed E-state index contributed by atoms with van der Waals surface area (Å²) in [7, 11) is 0. The first-order chi connectivity index (χ1) is 12.6. The zero-order valence-corrected chi connectivity index (χ0v) is 13.4. The number of carbonyl (C=O) groups excluding carboxylic acids is 2. The summed E-state index contributed by atoms with van der Waals surface area (Å²) in [5.41, 5.74) is 6.47. The second-order valence-corrected chi connectivity index (χ2v) is 5.18. The van der Waals surface area contributed by atoms with Gasteiger partial charge in [0, 0.05) is 15.5 Å². The van der Waals surface area contributed by atoms with Gasteiger partial charge in [0.05, 0.1) is 12.0 Å². The lowest BCUT2D eigenvalue weighted by atomic mass is 10.1. The van der Waals surface area contributed by atoms with Crippen LogP contribution < -0.4 is 21.1 Å². The summed E-state index contributed by atoms with van der Waals surface area (Å²) in [5, 5.41) is 14.4. The van der Waals surface area contributed by atoms with Gasteiger partial charge < -0.3 is 21.1 Å². The van der Waals surface area contributed by atoms with Gasteiger partial charge in [0.2, 0.25) is 0 Å². The lowest BCUT2D eigenvalue weighted by molar-refractivity contribution is -0.118. The molecule has 0 saturated carbocycles. The number of ether oxygens (including phenoxy) is 1. The predicted octanol–water partition coefficient (Wildman–Crippen LogP) is 0.720. The molecule has 2 heterocycles. The molecule has 4 N–H and O–H groups in total. The molecule has 2 aromatic rings. The van der Waals surface area contributed by atoms with E-state index in [1.165, 1.54) is 6.07 Å². The molecular formula is C16H17N7O3. The van der Waals surface area contributed by atoms with Gasteiger partial charge in [-0.2, -0.15) is 5.26 Å². The maximum atomic E-state index is 12.3. The van der Waals surface area contributed by atoms with E-state index >= 15 is 0 Å². The molecule has 1 aliphatic rings. The third-order valence-electron chi connectivity index (χ3n) is 3.38. The summed E-state index contributed by atoms with van der Waals surface area (Å²) in [5.74, 6) is -0.254. The molecule has 0 fully saturated rings. The number of carbonyl (C=O) groups is 2. The van der Waals surface area contributed by atoms with E-state index in [0.29, 0.717) is 11.4 Å². The van der Waals surface area contributed by atoms with Gasteiger partial charge in [-0.15, -0.1) is 0 Å². The molecule has 0 spiro atoms. The number of rotatable bonds is 4. The highest BCUT2D eigenvalue weighted by Gasteiger charge is 2.16. The van der Waals surface area contributed by atoms with Gasteiger partial charge in [-0.25, -0.2) is 15.0 Å². The summed E-state index contributed by atoms with van der Waals surface area (Å²) in [6, 6.07) is 8.27. The zero-order chi connectivity index (χ0) is 18.5. The number of hydrogen-bond acceptors (Lipinski definition) is 7. The third-order valence-corrected chi connectivity index (χ3v) is 3.38. The van der Waals surface area contributed by atoms with Crippen molar-refractivity contribution in [3.05, 3.63) is 41.2 Å². The Morgan fingerprint density at radius 3 is 3.12 bits per heavy atom. The highest BCUT2D eigenvalue weighted by atomic mass is 16.5. The van der Waals surface area contributed by atoms with Crippen molar-refractivity contribution in [3.8, 4) is 11.8 Å². The number of fused-ring (bicyclic) bond motifs is 1. The largest absolute Gasteiger partial charge is 0.482 e. The van der Waals surface area contributed by atoms with Crippen molar-refractivity contribution in [3.63, 3.8) is 0 Å². The Labute approximate surface area is 150 Å². The van der Waals surface area contributed by atoms with Crippen LogP contribution in [-0.4, -0.2) is 34.7 Å². The van der Waals surface area contributed by atoms with Gasteiger partial charge in [0.25, 0.3) is 17.8 Å². The van der Waals surface area contributed by atoms with Gasteiger partial charge in [-0.1, -0.05) is 6.07 Å². The number of nitriles is 1. The summed E-state index contributed by atoms with van der Waals surface area (Å²) in [6.45, 7) is 0.162. The van der Waals surface area contributed by atoms with Crippen LogP contribution in [0.15, 0.2) is 29.3 Å². The molecule has 2 amide bonds. The molecule has 0 radical (unpaired) electrons. The zero-order valence-electron chi connectivity index (χ0n) is 13.4. The number of anilines is 1. The van der Waals surface area contributed by atoms with Crippen molar-refractivity contribution >= 4 is 29.8 Å². The van der Waals surface area contributed by atoms with Crippen LogP contribution in [0, 0.1) is 11.3 Å². The van der Waals surface area contributed by atoms with Crippen LogP contribution in [0.5, 0.6) is 5.75 Å². The van der Waals surface area contributed by atoms with Crippen molar-refractivity contribution < 1.29 is 17.2 Å². The van der Waals surface area contributed by atoms with Gasteiger partial charge in [-0.05, 0) is 17.7 Å². The maximum Gasteiger partial charge on any atom is 0.270 e. The average molecular weight is 355 g/mol. The Kier molecular flexibility index (Phi) is 4.71. The van der Waals surface area contributed by atoms with Gasteiger partial charge in [-0.3, -0.25) is 9.59 Å². The van der Waals surface area contributed by atoms with Crippen LogP contribution in [0.4, 0.5) is 11.6 Å². The Morgan fingerprint density at radius 2 is 2.35 bits per heavy atom. The number of aromatic nitrogens is 2. The first-order valence-corrected chi connectivity index (χ1v) is 7.46. The van der Waals surface area contributed by atoms with E-state index in [-0.39, 0.29) is 39.2 Å². The topological polar surface area (TPSA) is 155 Å². The smallest absolute Gasteiger partial charge is 0.270 e. The SMILES string of the molecule is N#Cc1cc(C(=O)NCc2ccc3c(c2)NC(=O)CO3)nc(/N=C\N)n1.[HH].[HH]. The molecule has 1 aliphatic heterocycles. The number of nitrogens with two attached hydrogens (primary N) is 1. The minimum atomic E-state index is -0.504. The minimum Gasteiger partial charge on any atom is -0.482 e. The molecule has 134 valence electrons. The normalized spacial score (nSPS) is 12.7. The van der Waals surface area contributed by atoms with Crippen LogP contribution >= 0.6 is 0 Å². The van der Waals surface area contributed by atoms with Crippen LogP contribution in [0.3, 0.4) is 0 Å². The molecule has 1 aromatic carbocycles. The highest BCUT2D eigenvalue weighted by molar-refractivity contribution is 5.95. The van der Waals surface area contributed by atoms with Gasteiger partial charge in [0.15, 0.2) is 6.61 Å². The predicted molar refractivity (Wildman–Crippen MR) is 95.1 cm³/mol. The van der Waals surface area contributed by atoms with Crippen molar-refractivity contribution in [1.82, 2.24) is 15.3 Å². The first-order valence-electron chi connectivity index (χ1n) is 7.46. The fourth-order valence-corrected chi connectivity index (χ4v) is 2.25. The first kappa shape index (κ1) is 16.8. The van der Waals surface area contributed by atoms with E-state index in [4.69, 9.17) is 15.7 Å². The molecule has 3 rings (SSSR count). The molecule has 1 aromatic heterocycles. The lowest BCUT2D eigenvalue weighted by Crippen LogP contribution is -2.26. The molecule has 10 nitrogen and oxygen atoms in total. The molecule has 26 heavy (non-hydrogen) atoms. The minimum absolute atomic E-state index is 0. The van der Waals surface area contributed by atoms with Crippen LogP contribution in [-0.2, 0) is 11.3 Å². The number of amides is 2. The molecule has 0 atom stereocenters. The summed E-state index contributed by atoms with van der Waals surface area (Å²) in [6.07, 6.45) is 0.974. The number of nitrogens with one attached hydrogen (secondary N) is 2. The molecular weight excluding hydrogens is 338 g/mol. The van der Waals surface area contributed by atoms with E-state index in [1.54, 1.807) is 18.2 Å². The Morgan fingerprint density at radius 1 is 1.50 bits per heavy atom. The number of aliphatic imine (C=N–C) groups is 1. The Balaban J connectivity index is 0.00000196. The summed E-state index contributed by atoms with van der Waals surface area (Å²) >= 11 is 0. The summed E-state index contributed by atoms with van der Waals surface area (Å²) < 4.78 is 5.28. The quantitative estimate of drug-likeness (QED) is 0.539. The van der Waals surface area contributed by atoms with E-state index in [2.05, 4.69) is 25.6 Å². The standard InChI is InChI=1S/C16H13N7O3.2H2/c17-5-10-4-12(23-16(21-10)20-8-18)15(25)19-6-9-1-2-13-11(3-9)22-14(24)7-26-13;;/h1-4,8H,6-7H2,(H,19,25)(H,22,24)(H2,18,20,21,23);2*1H. The molecule has 0 bridgehead atoms. The van der Waals surface area contributed by atoms with E-state index < -0.39 is 5.91 Å². The van der Waals surface area contributed by atoms with Crippen LogP contribution in [0.2, 0.25) is 0 Å². The van der Waals surface area contributed by atoms with Crippen molar-refractivity contribution in [2.75, 3.05) is 11.9 Å². The van der Waals surface area contributed by atoms with Crippen LogP contribution in [0.25, 0.3) is 0 Å². The van der Waals surface area contributed by atoms with Crippen molar-refractivity contribution in [1.29, 1.82) is 5.26 Å². The van der Waals surface area contributed by atoms with E-state index in [1.807, 2.05) is 6.07 Å². The molecule has 10 heteroatoms. The fourth-order valence-electron chi connectivity index (χ4n) is 2.25. The van der Waals surface area contributed by atoms with Crippen LogP contribution in [0.1, 0.15) is 24.6 Å². The fraction of sp³-hybridized carbons (Fsp3) is 0.125. The maximum absolute atomic E-state index is 12.3. The molecule has 0 saturated heterocycles. The highest BCUT2D eigenvalue weighted by Crippen LogP contribution is 2.28. The van der Waals surface area contributed by atoms with Crippen molar-refractivity contribution in [2.45, 2.75) is 6.54 Å². The summed E-state index contributed by atoms with van der Waals surface area (Å²) in [4.78, 5) is 35.1. The van der Waals surface area contributed by atoms with Gasteiger partial charge >= 0.3 is 0 Å². The number of benzene rings is 1. The number of hydrogen-bond donors (Lipinski definition) is 3. The average Bonchev–Trinajstić information content (AvgIpc) is 2.65. The van der Waals surface area contributed by atoms with E-state index in [0.717, 1.165) is 11.9 Å². The van der Waals surface area contributed by atoms with Crippen molar-refractivity contribution in [2.24, 2.45) is 10.7 Å². The number of nitrogens with zero attached hydrogens (tertiary/aromatic N) is 4. The Hall–Kier alpha value is -4.00. The molecule has 0 aliphatic carbocycles. The van der Waals surface area contributed by atoms with E-state index in [9.17, 15) is 9.59 Å². The second-order valence-electron chi connectivity index (χ2n) is 5.18. The second kappa shape index (κ2) is 7.27. The third kappa shape index (κ3) is 3.73. The van der Waals surface area contributed by atoms with Gasteiger partial charge in [0.1, 0.15) is 23.2 Å². The molecule has 0 unspecified atom stereocenters. The monoisotopic (exact) mass is 355 g/mol. The Bertz CT molecular complexity index is 960.